The molecule has 1 aliphatic heterocycles. The molecule has 1 aliphatic rings. The topological polar surface area (TPSA) is 41.0 Å². The van der Waals surface area contributed by atoms with Crippen LogP contribution in [0.3, 0.4) is 0 Å². The van der Waals surface area contributed by atoms with E-state index in [0.717, 1.165) is 18.9 Å². The lowest BCUT2D eigenvalue weighted by atomic mass is 10.0. The summed E-state index contributed by atoms with van der Waals surface area (Å²) >= 11 is 0. The van der Waals surface area contributed by atoms with Gasteiger partial charge in [-0.25, -0.2) is 9.97 Å². The Labute approximate surface area is 126 Å². The van der Waals surface area contributed by atoms with Crippen molar-refractivity contribution in [2.24, 2.45) is 0 Å². The Balaban J connectivity index is 1.57. The molecule has 21 heavy (non-hydrogen) atoms. The Hall–Kier alpha value is -1.94. The van der Waals surface area contributed by atoms with E-state index in [0.29, 0.717) is 6.04 Å². The van der Waals surface area contributed by atoms with E-state index in [4.69, 9.17) is 0 Å². The molecule has 1 fully saturated rings. The first-order valence-corrected chi connectivity index (χ1v) is 7.60. The van der Waals surface area contributed by atoms with Gasteiger partial charge >= 0.3 is 0 Å². The zero-order chi connectivity index (χ0) is 14.5. The van der Waals surface area contributed by atoms with E-state index in [9.17, 15) is 0 Å². The second-order valence-corrected chi connectivity index (χ2v) is 5.80. The number of anilines is 1. The average Bonchev–Trinajstić information content (AvgIpc) is 2.51. The molecule has 3 rings (SSSR count). The Kier molecular flexibility index (Phi) is 4.46. The summed E-state index contributed by atoms with van der Waals surface area (Å²) in [4.78, 5) is 10.7. The Morgan fingerprint density at radius 2 is 2.10 bits per heavy atom. The molecule has 0 aliphatic carbocycles. The highest BCUT2D eigenvalue weighted by Crippen LogP contribution is 2.17. The van der Waals surface area contributed by atoms with Gasteiger partial charge in [-0.3, -0.25) is 4.90 Å². The standard InChI is InChI=1S/C17H22N4/c1-14-4-6-15(7-5-14)11-21-10-2-3-16(12-21)20-17-8-9-18-13-19-17/h4-9,13,16H,2-3,10-12H2,1H3,(H,18,19,20). The van der Waals surface area contributed by atoms with E-state index in [-0.39, 0.29) is 0 Å². The number of benzene rings is 1. The largest absolute Gasteiger partial charge is 0.366 e. The molecule has 0 bridgehead atoms. The van der Waals surface area contributed by atoms with Crippen LogP contribution in [0.1, 0.15) is 24.0 Å². The van der Waals surface area contributed by atoms with Crippen LogP contribution in [0.25, 0.3) is 0 Å². The third kappa shape index (κ3) is 4.02. The number of aromatic nitrogens is 2. The van der Waals surface area contributed by atoms with Crippen LogP contribution >= 0.6 is 0 Å². The molecule has 0 radical (unpaired) electrons. The number of aryl methyl sites for hydroxylation is 1. The van der Waals surface area contributed by atoms with E-state index in [1.165, 1.54) is 30.5 Å². The number of piperidine rings is 1. The van der Waals surface area contributed by atoms with E-state index < -0.39 is 0 Å². The van der Waals surface area contributed by atoms with Crippen molar-refractivity contribution < 1.29 is 0 Å². The van der Waals surface area contributed by atoms with Gasteiger partial charge in [0.15, 0.2) is 0 Å². The molecule has 1 atom stereocenters. The van der Waals surface area contributed by atoms with Crippen LogP contribution in [0, 0.1) is 6.92 Å². The molecule has 0 saturated carbocycles. The zero-order valence-electron chi connectivity index (χ0n) is 12.5. The number of likely N-dealkylation sites (tertiary alicyclic amines) is 1. The number of hydrogen-bond donors (Lipinski definition) is 1. The number of nitrogens with zero attached hydrogens (tertiary/aromatic N) is 3. The van der Waals surface area contributed by atoms with Crippen LogP contribution in [-0.4, -0.2) is 34.0 Å². The highest BCUT2D eigenvalue weighted by atomic mass is 15.2. The van der Waals surface area contributed by atoms with Crippen LogP contribution in [0.15, 0.2) is 42.9 Å². The van der Waals surface area contributed by atoms with E-state index in [1.54, 1.807) is 12.5 Å². The summed E-state index contributed by atoms with van der Waals surface area (Å²) in [6.45, 7) is 5.41. The average molecular weight is 282 g/mol. The van der Waals surface area contributed by atoms with E-state index in [1.807, 2.05) is 6.07 Å². The van der Waals surface area contributed by atoms with Gasteiger partial charge in [-0.2, -0.15) is 0 Å². The predicted octanol–water partition coefficient (Wildman–Crippen LogP) is 2.86. The van der Waals surface area contributed by atoms with Gasteiger partial charge in [0.25, 0.3) is 0 Å². The van der Waals surface area contributed by atoms with Crippen molar-refractivity contribution >= 4 is 5.82 Å². The lowest BCUT2D eigenvalue weighted by Gasteiger charge is -2.33. The molecule has 1 aromatic heterocycles. The highest BCUT2D eigenvalue weighted by molar-refractivity contribution is 5.33. The van der Waals surface area contributed by atoms with Crippen LogP contribution < -0.4 is 5.32 Å². The van der Waals surface area contributed by atoms with Crippen LogP contribution in [0.2, 0.25) is 0 Å². The van der Waals surface area contributed by atoms with Crippen molar-refractivity contribution in [1.82, 2.24) is 14.9 Å². The van der Waals surface area contributed by atoms with Gasteiger partial charge in [0.05, 0.1) is 0 Å². The molecule has 4 heteroatoms. The van der Waals surface area contributed by atoms with Crippen molar-refractivity contribution in [3.8, 4) is 0 Å². The third-order valence-electron chi connectivity index (χ3n) is 3.97. The van der Waals surface area contributed by atoms with Crippen molar-refractivity contribution in [2.75, 3.05) is 18.4 Å². The molecule has 1 aromatic carbocycles. The molecular formula is C17H22N4. The molecular weight excluding hydrogens is 260 g/mol. The quantitative estimate of drug-likeness (QED) is 0.936. The monoisotopic (exact) mass is 282 g/mol. The second-order valence-electron chi connectivity index (χ2n) is 5.80. The van der Waals surface area contributed by atoms with Crippen molar-refractivity contribution in [3.05, 3.63) is 54.0 Å². The van der Waals surface area contributed by atoms with Crippen LogP contribution in [0.4, 0.5) is 5.82 Å². The van der Waals surface area contributed by atoms with Gasteiger partial charge in [0, 0.05) is 25.3 Å². The lowest BCUT2D eigenvalue weighted by molar-refractivity contribution is 0.208. The van der Waals surface area contributed by atoms with Gasteiger partial charge in [-0.1, -0.05) is 29.8 Å². The molecule has 2 heterocycles. The molecule has 1 unspecified atom stereocenters. The van der Waals surface area contributed by atoms with E-state index in [2.05, 4.69) is 51.4 Å². The first-order chi connectivity index (χ1) is 10.3. The van der Waals surface area contributed by atoms with Crippen LogP contribution in [0.5, 0.6) is 0 Å². The van der Waals surface area contributed by atoms with Gasteiger partial charge < -0.3 is 5.32 Å². The minimum atomic E-state index is 0.471. The zero-order valence-corrected chi connectivity index (χ0v) is 12.5. The molecule has 1 N–H and O–H groups in total. The van der Waals surface area contributed by atoms with Gasteiger partial charge in [0.2, 0.25) is 0 Å². The summed E-state index contributed by atoms with van der Waals surface area (Å²) in [7, 11) is 0. The summed E-state index contributed by atoms with van der Waals surface area (Å²) in [6.07, 6.45) is 5.81. The molecule has 0 amide bonds. The van der Waals surface area contributed by atoms with Crippen molar-refractivity contribution in [3.63, 3.8) is 0 Å². The summed E-state index contributed by atoms with van der Waals surface area (Å²) in [6, 6.07) is 11.2. The number of nitrogens with one attached hydrogen (secondary N) is 1. The highest BCUT2D eigenvalue weighted by Gasteiger charge is 2.19. The maximum atomic E-state index is 4.25. The third-order valence-corrected chi connectivity index (χ3v) is 3.97. The Morgan fingerprint density at radius 1 is 1.24 bits per heavy atom. The smallest absolute Gasteiger partial charge is 0.129 e. The van der Waals surface area contributed by atoms with Crippen LogP contribution in [-0.2, 0) is 6.54 Å². The predicted molar refractivity (Wildman–Crippen MR) is 85.1 cm³/mol. The Morgan fingerprint density at radius 3 is 2.86 bits per heavy atom. The number of rotatable bonds is 4. The Bertz CT molecular complexity index is 553. The summed E-state index contributed by atoms with van der Waals surface area (Å²) in [5, 5.41) is 3.51. The first kappa shape index (κ1) is 14.0. The normalized spacial score (nSPS) is 19.4. The van der Waals surface area contributed by atoms with Gasteiger partial charge in [-0.05, 0) is 37.9 Å². The molecule has 4 nitrogen and oxygen atoms in total. The minimum Gasteiger partial charge on any atom is -0.366 e. The summed E-state index contributed by atoms with van der Waals surface area (Å²) < 4.78 is 0. The van der Waals surface area contributed by atoms with Gasteiger partial charge in [-0.15, -0.1) is 0 Å². The van der Waals surface area contributed by atoms with E-state index >= 15 is 0 Å². The van der Waals surface area contributed by atoms with Crippen molar-refractivity contribution in [1.29, 1.82) is 0 Å². The van der Waals surface area contributed by atoms with Gasteiger partial charge in [0.1, 0.15) is 12.1 Å². The first-order valence-electron chi connectivity index (χ1n) is 7.60. The summed E-state index contributed by atoms with van der Waals surface area (Å²) in [5.74, 6) is 0.923. The molecule has 1 saturated heterocycles. The maximum Gasteiger partial charge on any atom is 0.129 e. The fourth-order valence-corrected chi connectivity index (χ4v) is 2.85. The molecule has 110 valence electrons. The summed E-state index contributed by atoms with van der Waals surface area (Å²) in [5.41, 5.74) is 2.71. The molecule has 2 aromatic rings. The SMILES string of the molecule is Cc1ccc(CN2CCCC(Nc3ccncn3)C2)cc1. The lowest BCUT2D eigenvalue weighted by Crippen LogP contribution is -2.41. The number of hydrogen-bond acceptors (Lipinski definition) is 4. The fraction of sp³-hybridized carbons (Fsp3) is 0.412. The minimum absolute atomic E-state index is 0.471. The maximum absolute atomic E-state index is 4.25. The molecule has 0 spiro atoms. The van der Waals surface area contributed by atoms with Crippen molar-refractivity contribution in [2.45, 2.75) is 32.4 Å². The second kappa shape index (κ2) is 6.68. The fourth-order valence-electron chi connectivity index (χ4n) is 2.85.